The van der Waals surface area contributed by atoms with Crippen LogP contribution in [0.5, 0.6) is 0 Å². The van der Waals surface area contributed by atoms with E-state index in [-0.39, 0.29) is 18.9 Å². The summed E-state index contributed by atoms with van der Waals surface area (Å²) in [5.74, 6) is -1.05. The fourth-order valence-electron chi connectivity index (χ4n) is 1.00. The van der Waals surface area contributed by atoms with Crippen molar-refractivity contribution in [3.63, 3.8) is 0 Å². The third kappa shape index (κ3) is 4.07. The molecule has 9 heteroatoms. The van der Waals surface area contributed by atoms with Crippen LogP contribution in [0.25, 0.3) is 0 Å². The number of rotatable bonds is 5. The number of carbonyl (C=O) groups excluding carboxylic acids is 1. The summed E-state index contributed by atoms with van der Waals surface area (Å²) >= 11 is 0. The Hall–Kier alpha value is -2.16. The van der Waals surface area contributed by atoms with Crippen molar-refractivity contribution in [3.8, 4) is 0 Å². The Bertz CT molecular complexity index is 404. The predicted octanol–water partition coefficient (Wildman–Crippen LogP) is -1.23. The number of nitrogens with one attached hydrogen (secondary N) is 2. The van der Waals surface area contributed by atoms with E-state index in [4.69, 9.17) is 10.2 Å². The maximum atomic E-state index is 11.3. The van der Waals surface area contributed by atoms with Crippen LogP contribution in [0.2, 0.25) is 0 Å². The molecular formula is C8H13N5O4. The summed E-state index contributed by atoms with van der Waals surface area (Å²) < 4.78 is 1.37. The van der Waals surface area contributed by atoms with Crippen LogP contribution in [0.1, 0.15) is 6.42 Å². The van der Waals surface area contributed by atoms with Crippen molar-refractivity contribution in [2.24, 2.45) is 7.05 Å². The second-order valence-corrected chi connectivity index (χ2v) is 3.23. The van der Waals surface area contributed by atoms with Crippen LogP contribution in [0.15, 0.2) is 6.33 Å². The largest absolute Gasteiger partial charge is 0.479 e. The monoisotopic (exact) mass is 243 g/mol. The number of carbonyl (C=O) groups is 2. The van der Waals surface area contributed by atoms with Crippen molar-refractivity contribution < 1.29 is 19.8 Å². The molecule has 0 unspecified atom stereocenters. The molecule has 0 saturated carbocycles. The minimum atomic E-state index is -1.48. The molecule has 0 bridgehead atoms. The molecule has 0 aliphatic carbocycles. The summed E-state index contributed by atoms with van der Waals surface area (Å²) in [4.78, 5) is 25.3. The number of aliphatic hydroxyl groups excluding tert-OH is 1. The number of aryl methyl sites for hydroxylation is 1. The SMILES string of the molecule is Cn1ncnc1NC(=O)NCC[C@H](O)C(=O)O. The van der Waals surface area contributed by atoms with Crippen molar-refractivity contribution in [1.29, 1.82) is 0 Å². The number of anilines is 1. The van der Waals surface area contributed by atoms with Gasteiger partial charge in [-0.05, 0) is 0 Å². The molecule has 0 aromatic carbocycles. The zero-order valence-electron chi connectivity index (χ0n) is 9.12. The second kappa shape index (κ2) is 5.80. The number of hydrogen-bond donors (Lipinski definition) is 4. The van der Waals surface area contributed by atoms with Gasteiger partial charge in [0.1, 0.15) is 6.33 Å². The van der Waals surface area contributed by atoms with Gasteiger partial charge < -0.3 is 15.5 Å². The average Bonchev–Trinajstić information content (AvgIpc) is 2.64. The maximum Gasteiger partial charge on any atom is 0.332 e. The first-order valence-corrected chi connectivity index (χ1v) is 4.80. The lowest BCUT2D eigenvalue weighted by Crippen LogP contribution is -2.33. The van der Waals surface area contributed by atoms with E-state index >= 15 is 0 Å². The zero-order valence-corrected chi connectivity index (χ0v) is 9.12. The van der Waals surface area contributed by atoms with Crippen LogP contribution < -0.4 is 10.6 Å². The second-order valence-electron chi connectivity index (χ2n) is 3.23. The number of urea groups is 1. The fourth-order valence-corrected chi connectivity index (χ4v) is 1.00. The Morgan fingerprint density at radius 1 is 1.59 bits per heavy atom. The van der Waals surface area contributed by atoms with E-state index in [1.165, 1.54) is 11.0 Å². The topological polar surface area (TPSA) is 129 Å². The summed E-state index contributed by atoms with van der Waals surface area (Å²) in [5, 5.41) is 25.9. The molecule has 94 valence electrons. The van der Waals surface area contributed by atoms with E-state index in [2.05, 4.69) is 20.7 Å². The van der Waals surface area contributed by atoms with Crippen molar-refractivity contribution in [2.75, 3.05) is 11.9 Å². The quantitative estimate of drug-likeness (QED) is 0.512. The Labute approximate surface area is 96.5 Å². The molecule has 0 aliphatic heterocycles. The molecular weight excluding hydrogens is 230 g/mol. The third-order valence-electron chi connectivity index (χ3n) is 1.93. The lowest BCUT2D eigenvalue weighted by atomic mass is 10.2. The average molecular weight is 243 g/mol. The van der Waals surface area contributed by atoms with E-state index in [9.17, 15) is 9.59 Å². The number of hydrogen-bond acceptors (Lipinski definition) is 5. The van der Waals surface area contributed by atoms with Gasteiger partial charge in [0, 0.05) is 20.0 Å². The predicted molar refractivity (Wildman–Crippen MR) is 56.3 cm³/mol. The Balaban J connectivity index is 2.27. The van der Waals surface area contributed by atoms with Crippen LogP contribution >= 0.6 is 0 Å². The highest BCUT2D eigenvalue weighted by molar-refractivity contribution is 5.87. The Morgan fingerprint density at radius 3 is 2.82 bits per heavy atom. The maximum absolute atomic E-state index is 11.3. The van der Waals surface area contributed by atoms with Crippen LogP contribution in [-0.4, -0.2) is 49.6 Å². The summed E-state index contributed by atoms with van der Waals surface area (Å²) in [6, 6.07) is -0.543. The van der Waals surface area contributed by atoms with Gasteiger partial charge in [0.15, 0.2) is 6.10 Å². The number of nitrogens with zero attached hydrogens (tertiary/aromatic N) is 3. The van der Waals surface area contributed by atoms with E-state index in [1.54, 1.807) is 7.05 Å². The molecule has 1 aromatic rings. The minimum absolute atomic E-state index is 0.0388. The normalized spacial score (nSPS) is 11.9. The Kier molecular flexibility index (Phi) is 4.40. The molecule has 1 heterocycles. The molecule has 0 spiro atoms. The number of aromatic nitrogens is 3. The number of carboxylic acids is 1. The Morgan fingerprint density at radius 2 is 2.29 bits per heavy atom. The van der Waals surface area contributed by atoms with E-state index in [0.29, 0.717) is 0 Å². The summed E-state index contributed by atoms with van der Waals surface area (Å²) in [6.45, 7) is 0.0388. The van der Waals surface area contributed by atoms with Gasteiger partial charge in [-0.3, -0.25) is 5.32 Å². The van der Waals surface area contributed by atoms with Crippen LogP contribution in [0, 0.1) is 0 Å². The molecule has 0 fully saturated rings. The smallest absolute Gasteiger partial charge is 0.332 e. The molecule has 2 amide bonds. The first-order valence-electron chi connectivity index (χ1n) is 4.80. The van der Waals surface area contributed by atoms with Crippen molar-refractivity contribution >= 4 is 17.9 Å². The van der Waals surface area contributed by atoms with Crippen molar-refractivity contribution in [1.82, 2.24) is 20.1 Å². The third-order valence-corrected chi connectivity index (χ3v) is 1.93. The van der Waals surface area contributed by atoms with E-state index in [1.807, 2.05) is 0 Å². The van der Waals surface area contributed by atoms with Gasteiger partial charge in [-0.2, -0.15) is 10.1 Å². The van der Waals surface area contributed by atoms with Crippen LogP contribution in [0.4, 0.5) is 10.7 Å². The van der Waals surface area contributed by atoms with Crippen LogP contribution in [-0.2, 0) is 11.8 Å². The van der Waals surface area contributed by atoms with Crippen LogP contribution in [0.3, 0.4) is 0 Å². The van der Waals surface area contributed by atoms with E-state index in [0.717, 1.165) is 0 Å². The number of carboxylic acid groups (broad SMARTS) is 1. The van der Waals surface area contributed by atoms with Gasteiger partial charge in [-0.25, -0.2) is 14.3 Å². The molecule has 1 atom stereocenters. The number of amides is 2. The summed E-state index contributed by atoms with van der Waals surface area (Å²) in [5.41, 5.74) is 0. The molecule has 0 aliphatic rings. The highest BCUT2D eigenvalue weighted by atomic mass is 16.4. The number of aliphatic hydroxyl groups is 1. The molecule has 17 heavy (non-hydrogen) atoms. The molecule has 4 N–H and O–H groups in total. The van der Waals surface area contributed by atoms with Gasteiger partial charge in [-0.1, -0.05) is 0 Å². The van der Waals surface area contributed by atoms with Crippen molar-refractivity contribution in [2.45, 2.75) is 12.5 Å². The van der Waals surface area contributed by atoms with Gasteiger partial charge in [0.25, 0.3) is 0 Å². The molecule has 0 saturated heterocycles. The highest BCUT2D eigenvalue weighted by Crippen LogP contribution is 1.97. The zero-order chi connectivity index (χ0) is 12.8. The standard InChI is InChI=1S/C8H13N5O4/c1-13-7(10-4-11-13)12-8(17)9-3-2-5(14)6(15)16/h4-5,14H,2-3H2,1H3,(H,15,16)(H2,9,10,11,12,17)/t5-/m0/s1. The van der Waals surface area contributed by atoms with Gasteiger partial charge in [-0.15, -0.1) is 0 Å². The van der Waals surface area contributed by atoms with Gasteiger partial charge >= 0.3 is 12.0 Å². The summed E-state index contributed by atoms with van der Waals surface area (Å²) in [7, 11) is 1.61. The summed E-state index contributed by atoms with van der Waals surface area (Å²) in [6.07, 6.45) is -0.268. The molecule has 0 radical (unpaired) electrons. The fraction of sp³-hybridized carbons (Fsp3) is 0.500. The lowest BCUT2D eigenvalue weighted by Gasteiger charge is -2.08. The minimum Gasteiger partial charge on any atom is -0.479 e. The highest BCUT2D eigenvalue weighted by Gasteiger charge is 2.13. The molecule has 9 nitrogen and oxygen atoms in total. The molecule has 1 rings (SSSR count). The van der Waals surface area contributed by atoms with Gasteiger partial charge in [0.2, 0.25) is 5.95 Å². The lowest BCUT2D eigenvalue weighted by molar-refractivity contribution is -0.146. The van der Waals surface area contributed by atoms with E-state index < -0.39 is 18.1 Å². The molecule has 1 aromatic heterocycles. The number of aliphatic carboxylic acids is 1. The first kappa shape index (κ1) is 12.9. The van der Waals surface area contributed by atoms with Gasteiger partial charge in [0.05, 0.1) is 0 Å². The first-order chi connectivity index (χ1) is 8.00. The van der Waals surface area contributed by atoms with Crippen molar-refractivity contribution in [3.05, 3.63) is 6.33 Å².